The Hall–Kier alpha value is -1.14. The number of hydrogen-bond acceptors (Lipinski definition) is 4. The average Bonchev–Trinajstić information content (AvgIpc) is 2.69. The number of aliphatic carboxylic acids is 1. The van der Waals surface area contributed by atoms with Crippen LogP contribution in [0, 0.1) is 5.92 Å². The summed E-state index contributed by atoms with van der Waals surface area (Å²) < 4.78 is 4.97. The van der Waals surface area contributed by atoms with Crippen LogP contribution in [-0.4, -0.2) is 42.8 Å². The largest absolute Gasteiger partial charge is 0.481 e. The quantitative estimate of drug-likeness (QED) is 0.596. The van der Waals surface area contributed by atoms with E-state index in [1.807, 2.05) is 0 Å². The van der Waals surface area contributed by atoms with Crippen LogP contribution in [0.5, 0.6) is 0 Å². The van der Waals surface area contributed by atoms with Crippen LogP contribution in [0.3, 0.4) is 0 Å². The van der Waals surface area contributed by atoms with Crippen molar-refractivity contribution in [3.05, 3.63) is 0 Å². The Balaban J connectivity index is 2.33. The third-order valence-corrected chi connectivity index (χ3v) is 3.15. The molecule has 1 amide bonds. The maximum absolute atomic E-state index is 11.8. The number of amides is 1. The molecule has 0 heterocycles. The summed E-state index contributed by atoms with van der Waals surface area (Å²) in [7, 11) is 1.43. The topological polar surface area (TPSA) is 102 Å². The normalized spacial score (nSPS) is 25.5. The molecule has 0 aliphatic heterocycles. The number of carboxylic acid groups (broad SMARTS) is 1. The number of carboxylic acids is 1. The molecule has 6 heteroatoms. The molecular formula is C11H20N2O4. The second kappa shape index (κ2) is 6.56. The van der Waals surface area contributed by atoms with Crippen molar-refractivity contribution in [3.8, 4) is 0 Å². The Labute approximate surface area is 101 Å². The Morgan fingerprint density at radius 3 is 2.71 bits per heavy atom. The van der Waals surface area contributed by atoms with Gasteiger partial charge in [0.05, 0.1) is 18.4 Å². The second-order valence-electron chi connectivity index (χ2n) is 4.40. The Morgan fingerprint density at radius 1 is 1.53 bits per heavy atom. The van der Waals surface area contributed by atoms with Gasteiger partial charge in [-0.3, -0.25) is 9.59 Å². The standard InChI is InChI=1S/C11H20N2O4/c1-17-7(5-10(14)15)6-13-11(16)8-3-2-4-9(8)12/h7-9H,2-6,12H2,1H3,(H,13,16)(H,14,15). The number of carbonyl (C=O) groups excluding carboxylic acids is 1. The van der Waals surface area contributed by atoms with Crippen LogP contribution in [0.2, 0.25) is 0 Å². The van der Waals surface area contributed by atoms with E-state index in [2.05, 4.69) is 5.32 Å². The van der Waals surface area contributed by atoms with Crippen molar-refractivity contribution >= 4 is 11.9 Å². The van der Waals surface area contributed by atoms with Crippen molar-refractivity contribution in [2.24, 2.45) is 11.7 Å². The highest BCUT2D eigenvalue weighted by Crippen LogP contribution is 2.23. The third-order valence-electron chi connectivity index (χ3n) is 3.15. The molecule has 0 radical (unpaired) electrons. The van der Waals surface area contributed by atoms with Gasteiger partial charge in [0.25, 0.3) is 0 Å². The first-order valence-corrected chi connectivity index (χ1v) is 5.82. The van der Waals surface area contributed by atoms with Crippen LogP contribution in [0.25, 0.3) is 0 Å². The molecule has 1 aliphatic carbocycles. The van der Waals surface area contributed by atoms with E-state index in [4.69, 9.17) is 15.6 Å². The second-order valence-corrected chi connectivity index (χ2v) is 4.40. The molecule has 0 bridgehead atoms. The summed E-state index contributed by atoms with van der Waals surface area (Å²) >= 11 is 0. The number of nitrogens with two attached hydrogens (primary N) is 1. The lowest BCUT2D eigenvalue weighted by atomic mass is 10.0. The van der Waals surface area contributed by atoms with E-state index >= 15 is 0 Å². The lowest BCUT2D eigenvalue weighted by Gasteiger charge is -2.18. The summed E-state index contributed by atoms with van der Waals surface area (Å²) in [5.74, 6) is -1.18. The molecule has 1 saturated carbocycles. The van der Waals surface area contributed by atoms with Crippen LogP contribution in [0.1, 0.15) is 25.7 Å². The predicted octanol–water partition coefficient (Wildman–Crippen LogP) is -0.280. The summed E-state index contributed by atoms with van der Waals surface area (Å²) in [6.07, 6.45) is 2.05. The van der Waals surface area contributed by atoms with Gasteiger partial charge < -0.3 is 20.9 Å². The molecule has 3 unspecified atom stereocenters. The molecule has 0 spiro atoms. The van der Waals surface area contributed by atoms with Gasteiger partial charge in [-0.1, -0.05) is 6.42 Å². The van der Waals surface area contributed by atoms with Gasteiger partial charge in [0.2, 0.25) is 5.91 Å². The Kier molecular flexibility index (Phi) is 5.37. The molecule has 0 saturated heterocycles. The van der Waals surface area contributed by atoms with Crippen LogP contribution >= 0.6 is 0 Å². The van der Waals surface area contributed by atoms with Crippen LogP contribution in [0.15, 0.2) is 0 Å². The van der Waals surface area contributed by atoms with Gasteiger partial charge >= 0.3 is 5.97 Å². The molecule has 17 heavy (non-hydrogen) atoms. The van der Waals surface area contributed by atoms with Gasteiger partial charge in [0, 0.05) is 19.7 Å². The number of carbonyl (C=O) groups is 2. The Morgan fingerprint density at radius 2 is 2.24 bits per heavy atom. The van der Waals surface area contributed by atoms with E-state index < -0.39 is 12.1 Å². The minimum atomic E-state index is -0.941. The van der Waals surface area contributed by atoms with E-state index in [-0.39, 0.29) is 30.8 Å². The zero-order valence-corrected chi connectivity index (χ0v) is 10.0. The molecule has 0 aromatic heterocycles. The smallest absolute Gasteiger partial charge is 0.306 e. The van der Waals surface area contributed by atoms with E-state index in [0.717, 1.165) is 19.3 Å². The summed E-state index contributed by atoms with van der Waals surface area (Å²) in [5, 5.41) is 11.3. The first-order chi connectivity index (χ1) is 8.04. The zero-order valence-electron chi connectivity index (χ0n) is 10.0. The zero-order chi connectivity index (χ0) is 12.8. The first-order valence-electron chi connectivity index (χ1n) is 5.82. The highest BCUT2D eigenvalue weighted by molar-refractivity contribution is 5.79. The molecule has 6 nitrogen and oxygen atoms in total. The summed E-state index contributed by atoms with van der Waals surface area (Å²) in [6, 6.07) is -0.0736. The molecule has 4 N–H and O–H groups in total. The van der Waals surface area contributed by atoms with Gasteiger partial charge in [0.1, 0.15) is 0 Å². The van der Waals surface area contributed by atoms with Gasteiger partial charge in [-0.2, -0.15) is 0 Å². The summed E-state index contributed by atoms with van der Waals surface area (Å²) in [6.45, 7) is 0.213. The maximum atomic E-state index is 11.8. The number of nitrogens with one attached hydrogen (secondary N) is 1. The van der Waals surface area contributed by atoms with Crippen LogP contribution in [0.4, 0.5) is 0 Å². The fourth-order valence-electron chi connectivity index (χ4n) is 2.09. The number of methoxy groups -OCH3 is 1. The molecule has 1 aliphatic rings. The first kappa shape index (κ1) is 13.9. The van der Waals surface area contributed by atoms with Gasteiger partial charge in [0.15, 0.2) is 0 Å². The SMILES string of the molecule is COC(CNC(=O)C1CCCC1N)CC(=O)O. The van der Waals surface area contributed by atoms with Crippen LogP contribution in [-0.2, 0) is 14.3 Å². The van der Waals surface area contributed by atoms with E-state index in [1.165, 1.54) is 7.11 Å². The molecule has 3 atom stereocenters. The molecule has 0 aromatic carbocycles. The highest BCUT2D eigenvalue weighted by atomic mass is 16.5. The summed E-state index contributed by atoms with van der Waals surface area (Å²) in [4.78, 5) is 22.3. The summed E-state index contributed by atoms with van der Waals surface area (Å²) in [5.41, 5.74) is 5.81. The number of hydrogen-bond donors (Lipinski definition) is 3. The number of rotatable bonds is 6. The third kappa shape index (κ3) is 4.32. The van der Waals surface area contributed by atoms with E-state index in [1.54, 1.807) is 0 Å². The molecule has 1 rings (SSSR count). The molecule has 0 aromatic rings. The van der Waals surface area contributed by atoms with Crippen molar-refractivity contribution in [1.29, 1.82) is 0 Å². The minimum Gasteiger partial charge on any atom is -0.481 e. The van der Waals surface area contributed by atoms with Crippen molar-refractivity contribution in [1.82, 2.24) is 5.32 Å². The fourth-order valence-corrected chi connectivity index (χ4v) is 2.09. The average molecular weight is 244 g/mol. The molecule has 98 valence electrons. The molecular weight excluding hydrogens is 224 g/mol. The van der Waals surface area contributed by atoms with Crippen molar-refractivity contribution in [2.45, 2.75) is 37.8 Å². The monoisotopic (exact) mass is 244 g/mol. The minimum absolute atomic E-state index is 0.0736. The Bertz CT molecular complexity index is 283. The predicted molar refractivity (Wildman–Crippen MR) is 61.4 cm³/mol. The van der Waals surface area contributed by atoms with Crippen molar-refractivity contribution < 1.29 is 19.4 Å². The van der Waals surface area contributed by atoms with Gasteiger partial charge in [-0.25, -0.2) is 0 Å². The van der Waals surface area contributed by atoms with E-state index in [9.17, 15) is 9.59 Å². The van der Waals surface area contributed by atoms with Crippen molar-refractivity contribution in [3.63, 3.8) is 0 Å². The lowest BCUT2D eigenvalue weighted by molar-refractivity contribution is -0.140. The van der Waals surface area contributed by atoms with Gasteiger partial charge in [-0.05, 0) is 12.8 Å². The fraction of sp³-hybridized carbons (Fsp3) is 0.818. The van der Waals surface area contributed by atoms with Crippen molar-refractivity contribution in [2.75, 3.05) is 13.7 Å². The molecule has 1 fully saturated rings. The van der Waals surface area contributed by atoms with Crippen LogP contribution < -0.4 is 11.1 Å². The van der Waals surface area contributed by atoms with E-state index in [0.29, 0.717) is 0 Å². The lowest BCUT2D eigenvalue weighted by Crippen LogP contribution is -2.42. The highest BCUT2D eigenvalue weighted by Gasteiger charge is 2.30. The van der Waals surface area contributed by atoms with Gasteiger partial charge in [-0.15, -0.1) is 0 Å². The number of ether oxygens (including phenoxy) is 1. The maximum Gasteiger partial charge on any atom is 0.306 e.